The van der Waals surface area contributed by atoms with Gasteiger partial charge in [-0.1, -0.05) is 42.5 Å². The SMILES string of the molecule is Cc1ccc(C(CCCCOc2ccc(CNCCC(=O)O)cc2)c2cccc(F)c2)cc1C. The molecule has 0 radical (unpaired) electrons. The highest BCUT2D eigenvalue weighted by molar-refractivity contribution is 5.66. The largest absolute Gasteiger partial charge is 0.494 e. The number of unbranched alkanes of at least 4 members (excludes halogenated alkanes) is 1. The summed E-state index contributed by atoms with van der Waals surface area (Å²) in [6.07, 6.45) is 2.93. The first-order valence-electron chi connectivity index (χ1n) is 11.9. The van der Waals surface area contributed by atoms with Crippen molar-refractivity contribution in [2.75, 3.05) is 13.2 Å². The predicted molar refractivity (Wildman–Crippen MR) is 134 cm³/mol. The van der Waals surface area contributed by atoms with Gasteiger partial charge < -0.3 is 15.2 Å². The molecule has 3 aromatic carbocycles. The molecule has 0 spiro atoms. The second-order valence-electron chi connectivity index (χ2n) is 8.76. The number of ether oxygens (including phenoxy) is 1. The van der Waals surface area contributed by atoms with Crippen LogP contribution in [0.1, 0.15) is 59.4 Å². The van der Waals surface area contributed by atoms with E-state index >= 15 is 0 Å². The van der Waals surface area contributed by atoms with E-state index in [1.165, 1.54) is 22.8 Å². The molecule has 2 N–H and O–H groups in total. The highest BCUT2D eigenvalue weighted by Gasteiger charge is 2.15. The minimum Gasteiger partial charge on any atom is -0.494 e. The molecule has 0 amide bonds. The van der Waals surface area contributed by atoms with Crippen molar-refractivity contribution < 1.29 is 19.0 Å². The molecule has 0 aliphatic rings. The summed E-state index contributed by atoms with van der Waals surface area (Å²) in [6.45, 7) is 5.93. The van der Waals surface area contributed by atoms with Gasteiger partial charge in [-0.2, -0.15) is 0 Å². The smallest absolute Gasteiger partial charge is 0.304 e. The molecular formula is C29H34FNO3. The van der Waals surface area contributed by atoms with Crippen LogP contribution in [0.2, 0.25) is 0 Å². The lowest BCUT2D eigenvalue weighted by Gasteiger charge is -2.19. The van der Waals surface area contributed by atoms with Crippen LogP contribution in [-0.2, 0) is 11.3 Å². The molecule has 3 rings (SSSR count). The Bertz CT molecular complexity index is 1070. The Hall–Kier alpha value is -3.18. The van der Waals surface area contributed by atoms with E-state index in [0.717, 1.165) is 36.1 Å². The Morgan fingerprint density at radius 1 is 0.971 bits per heavy atom. The van der Waals surface area contributed by atoms with Crippen LogP contribution >= 0.6 is 0 Å². The Labute approximate surface area is 201 Å². The van der Waals surface area contributed by atoms with Crippen molar-refractivity contribution in [2.24, 2.45) is 0 Å². The number of carboxylic acid groups (broad SMARTS) is 1. The standard InChI is InChI=1S/C29H34FNO3/c1-21-9-12-25(18-22(21)2)28(24-6-5-7-26(30)19-24)8-3-4-17-34-27-13-10-23(11-14-27)20-31-16-15-29(32)33/h5-7,9-14,18-19,28,31H,3-4,8,15-17,20H2,1-2H3,(H,32,33). The van der Waals surface area contributed by atoms with Gasteiger partial charge in [0.05, 0.1) is 13.0 Å². The monoisotopic (exact) mass is 463 g/mol. The highest BCUT2D eigenvalue weighted by atomic mass is 19.1. The Morgan fingerprint density at radius 2 is 1.74 bits per heavy atom. The van der Waals surface area contributed by atoms with Crippen molar-refractivity contribution in [1.29, 1.82) is 0 Å². The molecule has 34 heavy (non-hydrogen) atoms. The van der Waals surface area contributed by atoms with Gasteiger partial charge in [0.25, 0.3) is 0 Å². The number of hydrogen-bond acceptors (Lipinski definition) is 3. The number of carboxylic acids is 1. The second-order valence-corrected chi connectivity index (χ2v) is 8.76. The number of halogens is 1. The average molecular weight is 464 g/mol. The van der Waals surface area contributed by atoms with Crippen LogP contribution in [0, 0.1) is 19.7 Å². The van der Waals surface area contributed by atoms with Gasteiger partial charge in [0.2, 0.25) is 0 Å². The molecule has 1 unspecified atom stereocenters. The van der Waals surface area contributed by atoms with Crippen molar-refractivity contribution in [2.45, 2.75) is 52.0 Å². The molecule has 0 aromatic heterocycles. The van der Waals surface area contributed by atoms with E-state index in [-0.39, 0.29) is 18.2 Å². The average Bonchev–Trinajstić information content (AvgIpc) is 2.82. The van der Waals surface area contributed by atoms with Crippen LogP contribution in [0.5, 0.6) is 5.75 Å². The van der Waals surface area contributed by atoms with E-state index < -0.39 is 5.97 Å². The maximum absolute atomic E-state index is 13.9. The third kappa shape index (κ3) is 7.99. The number of aliphatic carboxylic acids is 1. The van der Waals surface area contributed by atoms with E-state index in [0.29, 0.717) is 19.7 Å². The lowest BCUT2D eigenvalue weighted by Crippen LogP contribution is -2.17. The molecule has 0 bridgehead atoms. The van der Waals surface area contributed by atoms with E-state index in [2.05, 4.69) is 37.4 Å². The number of hydrogen-bond donors (Lipinski definition) is 2. The van der Waals surface area contributed by atoms with Gasteiger partial charge in [-0.05, 0) is 85.2 Å². The zero-order chi connectivity index (χ0) is 24.3. The Kier molecular flexibility index (Phi) is 9.65. The van der Waals surface area contributed by atoms with Gasteiger partial charge in [0, 0.05) is 19.0 Å². The van der Waals surface area contributed by atoms with Crippen LogP contribution in [0.25, 0.3) is 0 Å². The number of rotatable bonds is 13. The summed E-state index contributed by atoms with van der Waals surface area (Å²) in [7, 11) is 0. The van der Waals surface area contributed by atoms with Gasteiger partial charge in [-0.15, -0.1) is 0 Å². The van der Waals surface area contributed by atoms with Crippen molar-refractivity contribution in [3.05, 3.63) is 100 Å². The summed E-state index contributed by atoms with van der Waals surface area (Å²) in [5, 5.41) is 11.8. The van der Waals surface area contributed by atoms with Gasteiger partial charge in [-0.25, -0.2) is 4.39 Å². The van der Waals surface area contributed by atoms with Crippen molar-refractivity contribution in [1.82, 2.24) is 5.32 Å². The zero-order valence-electron chi connectivity index (χ0n) is 20.0. The first kappa shape index (κ1) is 25.4. The fourth-order valence-corrected chi connectivity index (χ4v) is 4.00. The third-order valence-corrected chi connectivity index (χ3v) is 6.11. The molecule has 0 fully saturated rings. The van der Waals surface area contributed by atoms with Crippen LogP contribution in [0.15, 0.2) is 66.7 Å². The molecule has 0 saturated heterocycles. The number of carbonyl (C=O) groups is 1. The number of aryl methyl sites for hydroxylation is 2. The van der Waals surface area contributed by atoms with Gasteiger partial charge in [0.15, 0.2) is 0 Å². The molecule has 0 saturated carbocycles. The molecule has 5 heteroatoms. The Morgan fingerprint density at radius 3 is 2.44 bits per heavy atom. The van der Waals surface area contributed by atoms with Crippen molar-refractivity contribution in [3.63, 3.8) is 0 Å². The summed E-state index contributed by atoms with van der Waals surface area (Å²) in [4.78, 5) is 10.6. The normalized spacial score (nSPS) is 11.9. The first-order chi connectivity index (χ1) is 16.4. The fraction of sp³-hybridized carbons (Fsp3) is 0.345. The third-order valence-electron chi connectivity index (χ3n) is 6.11. The summed E-state index contributed by atoms with van der Waals surface area (Å²) in [5.74, 6) is -0.0179. The summed E-state index contributed by atoms with van der Waals surface area (Å²) in [6, 6.07) is 21.3. The molecule has 180 valence electrons. The van der Waals surface area contributed by atoms with Gasteiger partial charge >= 0.3 is 5.97 Å². The fourth-order valence-electron chi connectivity index (χ4n) is 4.00. The first-order valence-corrected chi connectivity index (χ1v) is 11.9. The maximum atomic E-state index is 13.9. The molecule has 0 heterocycles. The van der Waals surface area contributed by atoms with E-state index in [1.54, 1.807) is 12.1 Å². The maximum Gasteiger partial charge on any atom is 0.304 e. The van der Waals surface area contributed by atoms with Crippen molar-refractivity contribution in [3.8, 4) is 5.75 Å². The van der Waals surface area contributed by atoms with Crippen LogP contribution in [0.3, 0.4) is 0 Å². The molecular weight excluding hydrogens is 429 g/mol. The quantitative estimate of drug-likeness (QED) is 0.289. The topological polar surface area (TPSA) is 58.6 Å². The van der Waals surface area contributed by atoms with Crippen LogP contribution in [0.4, 0.5) is 4.39 Å². The molecule has 0 aliphatic carbocycles. The minimum atomic E-state index is -0.799. The van der Waals surface area contributed by atoms with E-state index in [1.807, 2.05) is 30.3 Å². The second kappa shape index (κ2) is 12.9. The molecule has 0 aliphatic heterocycles. The molecule has 4 nitrogen and oxygen atoms in total. The molecule has 1 atom stereocenters. The van der Waals surface area contributed by atoms with Gasteiger partial charge in [-0.3, -0.25) is 4.79 Å². The summed E-state index contributed by atoms with van der Waals surface area (Å²) >= 11 is 0. The van der Waals surface area contributed by atoms with E-state index in [4.69, 9.17) is 9.84 Å². The highest BCUT2D eigenvalue weighted by Crippen LogP contribution is 2.31. The van der Waals surface area contributed by atoms with Crippen LogP contribution in [-0.4, -0.2) is 24.2 Å². The minimum absolute atomic E-state index is 0.116. The van der Waals surface area contributed by atoms with E-state index in [9.17, 15) is 9.18 Å². The summed E-state index contributed by atoms with van der Waals surface area (Å²) in [5.41, 5.74) is 5.84. The lowest BCUT2D eigenvalue weighted by molar-refractivity contribution is -0.136. The Balaban J connectivity index is 1.49. The number of nitrogens with one attached hydrogen (secondary N) is 1. The van der Waals surface area contributed by atoms with Crippen LogP contribution < -0.4 is 10.1 Å². The zero-order valence-corrected chi connectivity index (χ0v) is 20.0. The van der Waals surface area contributed by atoms with Gasteiger partial charge in [0.1, 0.15) is 11.6 Å². The molecule has 3 aromatic rings. The lowest BCUT2D eigenvalue weighted by atomic mass is 9.86. The summed E-state index contributed by atoms with van der Waals surface area (Å²) < 4.78 is 19.8. The predicted octanol–water partition coefficient (Wildman–Crippen LogP) is 6.39. The number of benzene rings is 3. The van der Waals surface area contributed by atoms with Crippen molar-refractivity contribution >= 4 is 5.97 Å².